The molecule has 4 heteroatoms. The molecule has 4 nitrogen and oxygen atoms in total. The molecule has 0 radical (unpaired) electrons. The Kier molecular flexibility index (Phi) is 4.12. The quantitative estimate of drug-likeness (QED) is 0.614. The summed E-state index contributed by atoms with van der Waals surface area (Å²) in [6.45, 7) is 5.31. The summed E-state index contributed by atoms with van der Waals surface area (Å²) >= 11 is 0. The first-order valence-corrected chi connectivity index (χ1v) is 6.48. The van der Waals surface area contributed by atoms with Gasteiger partial charge in [-0.2, -0.15) is 0 Å². The molecule has 0 unspecified atom stereocenters. The average molecular weight is 258 g/mol. The van der Waals surface area contributed by atoms with E-state index in [2.05, 4.69) is 6.92 Å². The Bertz CT molecular complexity index is 508. The molecule has 0 aliphatic carbocycles. The Balaban J connectivity index is 2.43. The zero-order valence-corrected chi connectivity index (χ0v) is 11.3. The van der Waals surface area contributed by atoms with Crippen LogP contribution < -0.4 is 5.01 Å². The highest BCUT2D eigenvalue weighted by Gasteiger charge is 2.31. The van der Waals surface area contributed by atoms with E-state index >= 15 is 0 Å². The van der Waals surface area contributed by atoms with Crippen LogP contribution in [0.4, 0.5) is 5.69 Å². The van der Waals surface area contributed by atoms with Crippen LogP contribution in [-0.2, 0) is 9.59 Å². The fraction of sp³-hybridized carbons (Fsp3) is 0.333. The molecule has 0 bridgehead atoms. The van der Waals surface area contributed by atoms with Crippen molar-refractivity contribution in [3.63, 3.8) is 0 Å². The molecule has 1 amide bonds. The largest absolute Gasteiger partial charge is 0.298 e. The normalized spacial score (nSPS) is 16.9. The van der Waals surface area contributed by atoms with Crippen molar-refractivity contribution in [1.82, 2.24) is 5.01 Å². The van der Waals surface area contributed by atoms with Crippen molar-refractivity contribution < 1.29 is 9.59 Å². The summed E-state index contributed by atoms with van der Waals surface area (Å²) in [6.07, 6.45) is 1.61. The summed E-state index contributed by atoms with van der Waals surface area (Å²) in [7, 11) is 0. The molecule has 1 aliphatic heterocycles. The van der Waals surface area contributed by atoms with Gasteiger partial charge in [-0.1, -0.05) is 25.1 Å². The fourth-order valence-electron chi connectivity index (χ4n) is 2.29. The van der Waals surface area contributed by atoms with Crippen molar-refractivity contribution in [2.75, 3.05) is 18.1 Å². The number of anilines is 1. The summed E-state index contributed by atoms with van der Waals surface area (Å²) < 4.78 is 0. The van der Waals surface area contributed by atoms with Gasteiger partial charge in [0.25, 0.3) is 5.91 Å². The van der Waals surface area contributed by atoms with Crippen molar-refractivity contribution in [1.29, 1.82) is 0 Å². The van der Waals surface area contributed by atoms with Crippen molar-refractivity contribution >= 4 is 17.9 Å². The number of hydrogen-bond acceptors (Lipinski definition) is 3. The van der Waals surface area contributed by atoms with Crippen molar-refractivity contribution in [2.24, 2.45) is 0 Å². The van der Waals surface area contributed by atoms with E-state index < -0.39 is 0 Å². The zero-order valence-electron chi connectivity index (χ0n) is 11.3. The number of hydrazine groups is 1. The molecule has 0 fully saturated rings. The van der Waals surface area contributed by atoms with Gasteiger partial charge >= 0.3 is 0 Å². The molecule has 0 atom stereocenters. The third-order valence-corrected chi connectivity index (χ3v) is 3.19. The number of carbonyl (C=O) groups is 2. The van der Waals surface area contributed by atoms with E-state index in [-0.39, 0.29) is 11.5 Å². The van der Waals surface area contributed by atoms with Gasteiger partial charge in [-0.3, -0.25) is 9.59 Å². The van der Waals surface area contributed by atoms with Gasteiger partial charge in [0.2, 0.25) is 0 Å². The van der Waals surface area contributed by atoms with Crippen LogP contribution in [0, 0.1) is 0 Å². The Morgan fingerprint density at radius 2 is 1.95 bits per heavy atom. The van der Waals surface area contributed by atoms with Crippen molar-refractivity contribution in [3.05, 3.63) is 41.5 Å². The van der Waals surface area contributed by atoms with Crippen LogP contribution >= 0.6 is 0 Å². The van der Waals surface area contributed by atoms with Crippen LogP contribution in [0.25, 0.3) is 0 Å². The summed E-state index contributed by atoms with van der Waals surface area (Å²) in [4.78, 5) is 23.5. The minimum atomic E-state index is -0.238. The van der Waals surface area contributed by atoms with Gasteiger partial charge in [-0.15, -0.1) is 0 Å². The smallest absolute Gasteiger partial charge is 0.276 e. The Labute approximate surface area is 113 Å². The molecule has 0 aromatic heterocycles. The molecular formula is C15H18N2O2. The van der Waals surface area contributed by atoms with Crippen LogP contribution in [0.2, 0.25) is 0 Å². The number of rotatable bonds is 4. The number of para-hydroxylation sites is 1. The molecule has 0 N–H and O–H groups in total. The third-order valence-electron chi connectivity index (χ3n) is 3.19. The maximum Gasteiger partial charge on any atom is 0.276 e. The van der Waals surface area contributed by atoms with Gasteiger partial charge < -0.3 is 0 Å². The van der Waals surface area contributed by atoms with Gasteiger partial charge in [-0.05, 0) is 31.1 Å². The second-order valence-corrected chi connectivity index (χ2v) is 4.65. The molecule has 1 heterocycles. The molecule has 19 heavy (non-hydrogen) atoms. The standard InChI is InChI=1S/C15H18N2O2/c1-3-9-16-10-12(2)14(11-18)15(19)17(16)13-7-5-4-6-8-13/h4-8,11H,3,9-10H2,1-2H3. The van der Waals surface area contributed by atoms with E-state index in [0.717, 1.165) is 24.2 Å². The third kappa shape index (κ3) is 2.58. The maximum atomic E-state index is 12.4. The topological polar surface area (TPSA) is 40.6 Å². The first-order valence-electron chi connectivity index (χ1n) is 6.48. The number of amides is 1. The Morgan fingerprint density at radius 3 is 2.53 bits per heavy atom. The van der Waals surface area contributed by atoms with Crippen LogP contribution in [-0.4, -0.2) is 30.3 Å². The molecule has 0 saturated carbocycles. The minimum absolute atomic E-state index is 0.238. The molecule has 0 saturated heterocycles. The predicted molar refractivity (Wildman–Crippen MR) is 74.6 cm³/mol. The van der Waals surface area contributed by atoms with Gasteiger partial charge in [0.05, 0.1) is 11.3 Å². The first kappa shape index (κ1) is 13.5. The molecule has 1 aliphatic rings. The molecule has 0 spiro atoms. The lowest BCUT2D eigenvalue weighted by molar-refractivity contribution is -0.120. The van der Waals surface area contributed by atoms with Crippen molar-refractivity contribution in [3.8, 4) is 0 Å². The highest BCUT2D eigenvalue weighted by atomic mass is 16.2. The van der Waals surface area contributed by atoms with E-state index in [4.69, 9.17) is 0 Å². The predicted octanol–water partition coefficient (Wildman–Crippen LogP) is 2.18. The molecular weight excluding hydrogens is 240 g/mol. The minimum Gasteiger partial charge on any atom is -0.298 e. The van der Waals surface area contributed by atoms with Crippen molar-refractivity contribution in [2.45, 2.75) is 20.3 Å². The lowest BCUT2D eigenvalue weighted by Gasteiger charge is -2.38. The molecule has 1 aromatic carbocycles. The molecule has 1 aromatic rings. The summed E-state index contributed by atoms with van der Waals surface area (Å²) in [6, 6.07) is 9.44. The SMILES string of the molecule is CCCN1CC(C)=C(C=O)C(=O)N1c1ccccc1. The van der Waals surface area contributed by atoms with E-state index in [9.17, 15) is 9.59 Å². The summed E-state index contributed by atoms with van der Waals surface area (Å²) in [5.41, 5.74) is 1.91. The zero-order chi connectivity index (χ0) is 13.8. The van der Waals surface area contributed by atoms with Gasteiger partial charge in [0.1, 0.15) is 0 Å². The maximum absolute atomic E-state index is 12.4. The first-order chi connectivity index (χ1) is 9.19. The Morgan fingerprint density at radius 1 is 1.26 bits per heavy atom. The highest BCUT2D eigenvalue weighted by molar-refractivity contribution is 6.18. The highest BCUT2D eigenvalue weighted by Crippen LogP contribution is 2.24. The fourth-order valence-corrected chi connectivity index (χ4v) is 2.29. The van der Waals surface area contributed by atoms with Gasteiger partial charge in [0.15, 0.2) is 6.29 Å². The van der Waals surface area contributed by atoms with E-state index in [1.165, 1.54) is 0 Å². The lowest BCUT2D eigenvalue weighted by Crippen LogP contribution is -2.52. The summed E-state index contributed by atoms with van der Waals surface area (Å²) in [5, 5.41) is 3.60. The number of aldehydes is 1. The number of hydrogen-bond donors (Lipinski definition) is 0. The summed E-state index contributed by atoms with van der Waals surface area (Å²) in [5.74, 6) is -0.238. The Hall–Kier alpha value is -1.94. The van der Waals surface area contributed by atoms with E-state index in [1.807, 2.05) is 42.3 Å². The average Bonchev–Trinajstić information content (AvgIpc) is 2.40. The number of nitrogens with zero attached hydrogens (tertiary/aromatic N) is 2. The van der Waals surface area contributed by atoms with E-state index in [1.54, 1.807) is 5.01 Å². The monoisotopic (exact) mass is 258 g/mol. The van der Waals surface area contributed by atoms with Crippen LogP contribution in [0.1, 0.15) is 20.3 Å². The number of carbonyl (C=O) groups excluding carboxylic acids is 2. The molecule has 100 valence electrons. The van der Waals surface area contributed by atoms with Crippen LogP contribution in [0.5, 0.6) is 0 Å². The molecule has 2 rings (SSSR count). The van der Waals surface area contributed by atoms with Crippen LogP contribution in [0.3, 0.4) is 0 Å². The lowest BCUT2D eigenvalue weighted by atomic mass is 10.1. The van der Waals surface area contributed by atoms with Gasteiger partial charge in [0, 0.05) is 13.1 Å². The van der Waals surface area contributed by atoms with E-state index in [0.29, 0.717) is 12.8 Å². The second kappa shape index (κ2) is 5.80. The van der Waals surface area contributed by atoms with Gasteiger partial charge in [-0.25, -0.2) is 10.0 Å². The van der Waals surface area contributed by atoms with Crippen LogP contribution in [0.15, 0.2) is 41.5 Å². The second-order valence-electron chi connectivity index (χ2n) is 4.65. The number of benzene rings is 1.